The van der Waals surface area contributed by atoms with Crippen LogP contribution in [-0.4, -0.2) is 48.4 Å². The molecule has 3 aromatic rings. The van der Waals surface area contributed by atoms with Crippen LogP contribution in [-0.2, 0) is 4.79 Å². The summed E-state index contributed by atoms with van der Waals surface area (Å²) >= 11 is 0. The van der Waals surface area contributed by atoms with Crippen LogP contribution in [0.4, 0.5) is 0 Å². The number of carbonyl (C=O) groups excluding carboxylic acids is 2. The molecule has 0 bridgehead atoms. The highest BCUT2D eigenvalue weighted by Gasteiger charge is 2.20. The molecule has 1 N–H and O–H groups in total. The van der Waals surface area contributed by atoms with Crippen LogP contribution in [0.2, 0.25) is 0 Å². The summed E-state index contributed by atoms with van der Waals surface area (Å²) in [6, 6.07) is 13.2. The van der Waals surface area contributed by atoms with Gasteiger partial charge in [0.2, 0.25) is 0 Å². The molecule has 1 aliphatic rings. The Labute approximate surface area is 175 Å². The van der Waals surface area contributed by atoms with Crippen molar-refractivity contribution in [2.75, 3.05) is 26.8 Å². The predicted molar refractivity (Wildman–Crippen MR) is 116 cm³/mol. The summed E-state index contributed by atoms with van der Waals surface area (Å²) in [4.78, 5) is 29.2. The summed E-state index contributed by atoms with van der Waals surface area (Å²) in [5.74, 6) is 0.752. The minimum absolute atomic E-state index is 0.0537. The first-order chi connectivity index (χ1) is 14.6. The molecule has 6 nitrogen and oxygen atoms in total. The topological polar surface area (TPSA) is 71.6 Å². The molecule has 4 rings (SSSR count). The number of fused-ring (bicyclic) bond motifs is 1. The zero-order valence-electron chi connectivity index (χ0n) is 17.1. The Kier molecular flexibility index (Phi) is 5.57. The number of hydrogen-bond donors (Lipinski definition) is 1. The van der Waals surface area contributed by atoms with E-state index in [0.29, 0.717) is 30.2 Å². The van der Waals surface area contributed by atoms with Gasteiger partial charge in [-0.3, -0.25) is 9.59 Å². The number of nitrogens with one attached hydrogen (secondary N) is 1. The largest absolute Gasteiger partial charge is 0.493 e. The van der Waals surface area contributed by atoms with Crippen molar-refractivity contribution in [3.8, 4) is 11.5 Å². The van der Waals surface area contributed by atoms with E-state index in [0.717, 1.165) is 11.9 Å². The van der Waals surface area contributed by atoms with E-state index in [1.807, 2.05) is 18.3 Å². The Morgan fingerprint density at radius 1 is 1.13 bits per heavy atom. The van der Waals surface area contributed by atoms with Crippen molar-refractivity contribution in [2.45, 2.75) is 13.3 Å². The third-order valence-electron chi connectivity index (χ3n) is 5.42. The van der Waals surface area contributed by atoms with Gasteiger partial charge in [0.15, 0.2) is 23.9 Å². The molecule has 0 radical (unpaired) electrons. The predicted octanol–water partition coefficient (Wildman–Crippen LogP) is 4.07. The molecular weight excluding hydrogens is 380 g/mol. The van der Waals surface area contributed by atoms with E-state index in [2.05, 4.69) is 23.2 Å². The summed E-state index contributed by atoms with van der Waals surface area (Å²) in [5.41, 5.74) is 4.10. The lowest BCUT2D eigenvalue weighted by molar-refractivity contribution is -0.132. The van der Waals surface area contributed by atoms with Crippen LogP contribution in [0.1, 0.15) is 29.3 Å². The molecule has 154 valence electrons. The van der Waals surface area contributed by atoms with Gasteiger partial charge in [0.05, 0.1) is 7.11 Å². The molecule has 0 fully saturated rings. The van der Waals surface area contributed by atoms with Crippen molar-refractivity contribution in [1.29, 1.82) is 0 Å². The molecule has 30 heavy (non-hydrogen) atoms. The first kappa shape index (κ1) is 19.8. The summed E-state index contributed by atoms with van der Waals surface area (Å²) in [6.07, 6.45) is 4.94. The van der Waals surface area contributed by atoms with E-state index in [1.165, 1.54) is 30.6 Å². The number of nitrogens with zero attached hydrogens (tertiary/aromatic N) is 1. The Bertz CT molecular complexity index is 1130. The number of H-pyrrole nitrogens is 1. The van der Waals surface area contributed by atoms with Crippen molar-refractivity contribution in [2.24, 2.45) is 0 Å². The van der Waals surface area contributed by atoms with Crippen molar-refractivity contribution < 1.29 is 19.1 Å². The number of methoxy groups -OCH3 is 1. The second kappa shape index (κ2) is 8.45. The van der Waals surface area contributed by atoms with Gasteiger partial charge in [-0.15, -0.1) is 0 Å². The standard InChI is InChI=1S/C24H24N2O4/c1-16(27)18-7-8-22(23(13-18)29-2)30-15-24(28)26-11-9-17(10-12-26)20-14-25-21-6-4-3-5-19(20)21/h3-9,13-14,25H,10-12,15H2,1-2H3. The third kappa shape index (κ3) is 3.94. The number of benzene rings is 2. The molecule has 0 aliphatic carbocycles. The number of Topliss-reactive ketones (excluding diaryl/α,β-unsaturated/α-hetero) is 1. The second-order valence-electron chi connectivity index (χ2n) is 7.28. The number of rotatable bonds is 6. The lowest BCUT2D eigenvalue weighted by atomic mass is 9.99. The van der Waals surface area contributed by atoms with Gasteiger partial charge in [0.25, 0.3) is 5.91 Å². The van der Waals surface area contributed by atoms with Crippen molar-refractivity contribution in [1.82, 2.24) is 9.88 Å². The first-order valence-corrected chi connectivity index (χ1v) is 9.92. The highest BCUT2D eigenvalue weighted by Crippen LogP contribution is 2.30. The van der Waals surface area contributed by atoms with Gasteiger partial charge < -0.3 is 19.4 Å². The van der Waals surface area contributed by atoms with E-state index >= 15 is 0 Å². The fourth-order valence-electron chi connectivity index (χ4n) is 3.71. The quantitative estimate of drug-likeness (QED) is 0.629. The van der Waals surface area contributed by atoms with Gasteiger partial charge in [0, 0.05) is 41.3 Å². The monoisotopic (exact) mass is 404 g/mol. The number of hydrogen-bond acceptors (Lipinski definition) is 4. The van der Waals surface area contributed by atoms with E-state index in [9.17, 15) is 9.59 Å². The molecule has 1 amide bonds. The molecule has 0 spiro atoms. The Balaban J connectivity index is 1.39. The van der Waals surface area contributed by atoms with Gasteiger partial charge in [-0.25, -0.2) is 0 Å². The number of ether oxygens (including phenoxy) is 2. The van der Waals surface area contributed by atoms with Gasteiger partial charge in [0.1, 0.15) is 0 Å². The molecular formula is C24H24N2O4. The van der Waals surface area contributed by atoms with Crippen LogP contribution in [0.3, 0.4) is 0 Å². The molecule has 0 atom stereocenters. The minimum Gasteiger partial charge on any atom is -0.493 e. The summed E-state index contributed by atoms with van der Waals surface area (Å²) in [6.45, 7) is 2.62. The van der Waals surface area contributed by atoms with Crippen molar-refractivity contribution in [3.63, 3.8) is 0 Å². The normalized spacial score (nSPS) is 13.8. The third-order valence-corrected chi connectivity index (χ3v) is 5.42. The maximum absolute atomic E-state index is 12.6. The maximum atomic E-state index is 12.6. The van der Waals surface area contributed by atoms with Crippen LogP contribution in [0.5, 0.6) is 11.5 Å². The van der Waals surface area contributed by atoms with Gasteiger partial charge in [-0.2, -0.15) is 0 Å². The molecule has 2 aromatic carbocycles. The molecule has 2 heterocycles. The summed E-state index contributed by atoms with van der Waals surface area (Å²) < 4.78 is 11.0. The van der Waals surface area contributed by atoms with Gasteiger partial charge in [-0.1, -0.05) is 24.3 Å². The number of carbonyl (C=O) groups is 2. The fraction of sp³-hybridized carbons (Fsp3) is 0.250. The van der Waals surface area contributed by atoms with Crippen LogP contribution in [0, 0.1) is 0 Å². The highest BCUT2D eigenvalue weighted by atomic mass is 16.5. The van der Waals surface area contributed by atoms with Crippen molar-refractivity contribution in [3.05, 3.63) is 65.9 Å². The number of aromatic nitrogens is 1. The smallest absolute Gasteiger partial charge is 0.260 e. The van der Waals surface area contributed by atoms with Gasteiger partial charge >= 0.3 is 0 Å². The summed E-state index contributed by atoms with van der Waals surface area (Å²) in [7, 11) is 1.51. The molecule has 6 heteroatoms. The van der Waals surface area contributed by atoms with Crippen LogP contribution in [0.25, 0.3) is 16.5 Å². The second-order valence-corrected chi connectivity index (χ2v) is 7.28. The van der Waals surface area contributed by atoms with Crippen LogP contribution < -0.4 is 9.47 Å². The van der Waals surface area contributed by atoms with E-state index in [1.54, 1.807) is 23.1 Å². The zero-order valence-corrected chi connectivity index (χ0v) is 17.1. The minimum atomic E-state index is -0.0816. The fourth-order valence-corrected chi connectivity index (χ4v) is 3.71. The molecule has 0 saturated heterocycles. The van der Waals surface area contributed by atoms with E-state index in [4.69, 9.17) is 9.47 Å². The van der Waals surface area contributed by atoms with E-state index < -0.39 is 0 Å². The average Bonchev–Trinajstić information content (AvgIpc) is 3.21. The summed E-state index contributed by atoms with van der Waals surface area (Å²) in [5, 5.41) is 1.20. The number of aromatic amines is 1. The lowest BCUT2D eigenvalue weighted by Gasteiger charge is -2.26. The van der Waals surface area contributed by atoms with Crippen LogP contribution in [0.15, 0.2) is 54.7 Å². The lowest BCUT2D eigenvalue weighted by Crippen LogP contribution is -2.37. The number of amides is 1. The van der Waals surface area contributed by atoms with E-state index in [-0.39, 0.29) is 18.3 Å². The molecule has 0 unspecified atom stereocenters. The first-order valence-electron chi connectivity index (χ1n) is 9.92. The Morgan fingerprint density at radius 3 is 2.70 bits per heavy atom. The average molecular weight is 404 g/mol. The molecule has 0 saturated carbocycles. The Hall–Kier alpha value is -3.54. The SMILES string of the molecule is COc1cc(C(C)=O)ccc1OCC(=O)N1CC=C(c2c[nH]c3ccccc23)CC1. The molecule has 1 aliphatic heterocycles. The zero-order chi connectivity index (χ0) is 21.1. The Morgan fingerprint density at radius 2 is 1.97 bits per heavy atom. The highest BCUT2D eigenvalue weighted by molar-refractivity contribution is 5.95. The van der Waals surface area contributed by atoms with Crippen molar-refractivity contribution >= 4 is 28.2 Å². The number of para-hydroxylation sites is 1. The number of ketones is 1. The van der Waals surface area contributed by atoms with Crippen LogP contribution >= 0.6 is 0 Å². The maximum Gasteiger partial charge on any atom is 0.260 e. The molecule has 1 aromatic heterocycles. The van der Waals surface area contributed by atoms with Gasteiger partial charge in [-0.05, 0) is 43.2 Å².